The van der Waals surface area contributed by atoms with Gasteiger partial charge >= 0.3 is 6.03 Å². The van der Waals surface area contributed by atoms with Crippen LogP contribution in [0.1, 0.15) is 24.1 Å². The quantitative estimate of drug-likeness (QED) is 0.197. The zero-order valence-corrected chi connectivity index (χ0v) is 26.5. The molecule has 1 fully saturated rings. The van der Waals surface area contributed by atoms with Gasteiger partial charge in [0.1, 0.15) is 11.6 Å². The first kappa shape index (κ1) is 32.9. The minimum absolute atomic E-state index is 0.118. The van der Waals surface area contributed by atoms with Crippen molar-refractivity contribution in [3.8, 4) is 11.6 Å². The van der Waals surface area contributed by atoms with Crippen molar-refractivity contribution in [1.29, 1.82) is 0 Å². The van der Waals surface area contributed by atoms with Crippen molar-refractivity contribution in [2.45, 2.75) is 37.2 Å². The summed E-state index contributed by atoms with van der Waals surface area (Å²) in [6.45, 7) is 4.49. The summed E-state index contributed by atoms with van der Waals surface area (Å²) >= 11 is 0. The summed E-state index contributed by atoms with van der Waals surface area (Å²) in [4.78, 5) is 26.2. The molecular formula is C33H37FN6O5S. The van der Waals surface area contributed by atoms with E-state index in [2.05, 4.69) is 24.9 Å². The molecule has 2 aromatic heterocycles. The van der Waals surface area contributed by atoms with Crippen LogP contribution in [0.5, 0.6) is 11.6 Å². The zero-order valence-electron chi connectivity index (χ0n) is 25.7. The number of benzene rings is 2. The van der Waals surface area contributed by atoms with E-state index >= 15 is 0 Å². The number of nitrogens with zero attached hydrogens (tertiary/aromatic N) is 4. The van der Waals surface area contributed by atoms with Crippen LogP contribution < -0.4 is 19.7 Å². The molecule has 0 saturated carbocycles. The van der Waals surface area contributed by atoms with E-state index in [1.807, 2.05) is 19.1 Å². The van der Waals surface area contributed by atoms with Gasteiger partial charge in [0.05, 0.1) is 23.4 Å². The van der Waals surface area contributed by atoms with Crippen LogP contribution in [0.25, 0.3) is 0 Å². The molecule has 5 rings (SSSR count). The van der Waals surface area contributed by atoms with Crippen molar-refractivity contribution in [2.75, 3.05) is 43.6 Å². The lowest BCUT2D eigenvalue weighted by molar-refractivity contribution is 0.199. The predicted octanol–water partition coefficient (Wildman–Crippen LogP) is 5.34. The summed E-state index contributed by atoms with van der Waals surface area (Å²) < 4.78 is 52.1. The largest absolute Gasteiger partial charge is 0.439 e. The van der Waals surface area contributed by atoms with Gasteiger partial charge in [-0.05, 0) is 79.9 Å². The van der Waals surface area contributed by atoms with Crippen LogP contribution in [0, 0.1) is 12.7 Å². The highest BCUT2D eigenvalue weighted by Gasteiger charge is 2.30. The molecule has 2 N–H and O–H groups in total. The number of sulfonamides is 1. The molecular weight excluding hydrogens is 611 g/mol. The monoisotopic (exact) mass is 648 g/mol. The molecule has 2 amide bonds. The average molecular weight is 649 g/mol. The number of aryl methyl sites for hydroxylation is 1. The van der Waals surface area contributed by atoms with E-state index in [0.29, 0.717) is 42.4 Å². The number of piperidine rings is 1. The summed E-state index contributed by atoms with van der Waals surface area (Å²) in [5.74, 6) is 0.446. The summed E-state index contributed by atoms with van der Waals surface area (Å²) in [6.07, 6.45) is 4.77. The summed E-state index contributed by atoms with van der Waals surface area (Å²) in [5.41, 5.74) is 2.93. The number of halogens is 1. The third kappa shape index (κ3) is 8.85. The van der Waals surface area contributed by atoms with E-state index in [1.165, 1.54) is 31.4 Å². The maximum absolute atomic E-state index is 14.2. The molecule has 4 aromatic rings. The summed E-state index contributed by atoms with van der Waals surface area (Å²) in [6, 6.07) is 19.1. The Morgan fingerprint density at radius 3 is 2.46 bits per heavy atom. The highest BCUT2D eigenvalue weighted by Crippen LogP contribution is 2.27. The van der Waals surface area contributed by atoms with Gasteiger partial charge in [0.15, 0.2) is 0 Å². The molecule has 1 aliphatic rings. The number of aromatic nitrogens is 2. The van der Waals surface area contributed by atoms with Gasteiger partial charge in [0, 0.05) is 63.0 Å². The SMILES string of the molecule is COCCNS(=O)(=O)c1ccc(Oc2ccc(CN3CCC(N(C(=O)Nc4ccc(C)nc4)c4cccc(F)c4)CC3)cn2)cc1. The van der Waals surface area contributed by atoms with Gasteiger partial charge in [0.2, 0.25) is 15.9 Å². The second-order valence-electron chi connectivity index (χ2n) is 10.9. The third-order valence-electron chi connectivity index (χ3n) is 7.55. The number of amides is 2. The molecule has 0 radical (unpaired) electrons. The van der Waals surface area contributed by atoms with Crippen LogP contribution in [0.4, 0.5) is 20.6 Å². The fourth-order valence-electron chi connectivity index (χ4n) is 5.17. The highest BCUT2D eigenvalue weighted by atomic mass is 32.2. The number of anilines is 2. The van der Waals surface area contributed by atoms with Gasteiger partial charge in [-0.2, -0.15) is 0 Å². The Labute approximate surface area is 268 Å². The van der Waals surface area contributed by atoms with Crippen molar-refractivity contribution in [2.24, 2.45) is 0 Å². The lowest BCUT2D eigenvalue weighted by Gasteiger charge is -2.38. The van der Waals surface area contributed by atoms with Crippen molar-refractivity contribution in [3.05, 3.63) is 102 Å². The molecule has 3 heterocycles. The molecule has 0 unspecified atom stereocenters. The molecule has 46 heavy (non-hydrogen) atoms. The second-order valence-corrected chi connectivity index (χ2v) is 12.7. The van der Waals surface area contributed by atoms with E-state index in [9.17, 15) is 17.6 Å². The number of urea groups is 1. The number of nitrogens with one attached hydrogen (secondary N) is 2. The molecule has 0 spiro atoms. The normalized spacial score (nSPS) is 14.2. The van der Waals surface area contributed by atoms with Crippen molar-refractivity contribution in [1.82, 2.24) is 19.6 Å². The lowest BCUT2D eigenvalue weighted by Crippen LogP contribution is -2.49. The lowest BCUT2D eigenvalue weighted by atomic mass is 10.0. The van der Waals surface area contributed by atoms with Crippen molar-refractivity contribution in [3.63, 3.8) is 0 Å². The van der Waals surface area contributed by atoms with E-state index in [4.69, 9.17) is 9.47 Å². The number of ether oxygens (including phenoxy) is 2. The van der Waals surface area contributed by atoms with E-state index < -0.39 is 15.8 Å². The minimum Gasteiger partial charge on any atom is -0.439 e. The highest BCUT2D eigenvalue weighted by molar-refractivity contribution is 7.89. The number of carbonyl (C=O) groups is 1. The number of rotatable bonds is 12. The van der Waals surface area contributed by atoms with Crippen LogP contribution in [-0.2, 0) is 21.3 Å². The Hall–Kier alpha value is -4.43. The Bertz CT molecular complexity index is 1700. The van der Waals surface area contributed by atoms with Gasteiger partial charge in [-0.15, -0.1) is 0 Å². The molecule has 0 aliphatic carbocycles. The predicted molar refractivity (Wildman–Crippen MR) is 173 cm³/mol. The van der Waals surface area contributed by atoms with Gasteiger partial charge in [-0.25, -0.2) is 27.3 Å². The van der Waals surface area contributed by atoms with Crippen molar-refractivity contribution >= 4 is 27.4 Å². The Kier molecular flexibility index (Phi) is 10.9. The Morgan fingerprint density at radius 2 is 1.80 bits per heavy atom. The zero-order chi connectivity index (χ0) is 32.5. The molecule has 1 aliphatic heterocycles. The number of methoxy groups -OCH3 is 1. The minimum atomic E-state index is -3.63. The van der Waals surface area contributed by atoms with Gasteiger partial charge < -0.3 is 14.8 Å². The molecule has 2 aromatic carbocycles. The molecule has 1 saturated heterocycles. The van der Waals surface area contributed by atoms with Crippen LogP contribution >= 0.6 is 0 Å². The first-order chi connectivity index (χ1) is 22.2. The smallest absolute Gasteiger partial charge is 0.326 e. The number of likely N-dealkylation sites (tertiary alicyclic amines) is 1. The third-order valence-corrected chi connectivity index (χ3v) is 9.03. The second kappa shape index (κ2) is 15.2. The molecule has 242 valence electrons. The van der Waals surface area contributed by atoms with Crippen molar-refractivity contribution < 1.29 is 27.1 Å². The Balaban J connectivity index is 1.16. The summed E-state index contributed by atoms with van der Waals surface area (Å²) in [7, 11) is -2.13. The maximum Gasteiger partial charge on any atom is 0.326 e. The number of carbonyl (C=O) groups excluding carboxylic acids is 1. The van der Waals surface area contributed by atoms with Gasteiger partial charge in [-0.3, -0.25) is 14.8 Å². The Morgan fingerprint density at radius 1 is 1.02 bits per heavy atom. The number of hydrogen-bond donors (Lipinski definition) is 2. The van der Waals surface area contributed by atoms with E-state index in [0.717, 1.165) is 24.3 Å². The fraction of sp³-hybridized carbons (Fsp3) is 0.303. The van der Waals surface area contributed by atoms with E-state index in [-0.39, 0.29) is 30.1 Å². The molecule has 11 nitrogen and oxygen atoms in total. The van der Waals surface area contributed by atoms with Gasteiger partial charge in [0.25, 0.3) is 0 Å². The number of hydrogen-bond acceptors (Lipinski definition) is 8. The molecule has 0 atom stereocenters. The maximum atomic E-state index is 14.2. The first-order valence-corrected chi connectivity index (χ1v) is 16.4. The fourth-order valence-corrected chi connectivity index (χ4v) is 6.19. The van der Waals surface area contributed by atoms with Crippen LogP contribution in [0.3, 0.4) is 0 Å². The van der Waals surface area contributed by atoms with Crippen LogP contribution in [0.15, 0.2) is 90.1 Å². The van der Waals surface area contributed by atoms with E-state index in [1.54, 1.807) is 53.7 Å². The molecule has 13 heteroatoms. The standard InChI is InChI=1S/C33H37FN6O5S/c1-24-6-8-27(22-35-24)38-33(41)40(29-5-3-4-26(34)20-29)28-14-17-39(18-15-28)23-25-7-13-32(36-21-25)45-30-9-11-31(12-10-30)46(42,43)37-16-19-44-2/h3-13,20-22,28,37H,14-19,23H2,1-2H3,(H,38,41). The van der Waals surface area contributed by atoms with Gasteiger partial charge in [-0.1, -0.05) is 12.1 Å². The average Bonchev–Trinajstić information content (AvgIpc) is 3.04. The first-order valence-electron chi connectivity index (χ1n) is 14.9. The topological polar surface area (TPSA) is 126 Å². The number of pyridine rings is 2. The molecule has 0 bridgehead atoms. The summed E-state index contributed by atoms with van der Waals surface area (Å²) in [5, 5.41) is 2.91. The van der Waals surface area contributed by atoms with Crippen LogP contribution in [0.2, 0.25) is 0 Å². The van der Waals surface area contributed by atoms with Crippen LogP contribution in [-0.4, -0.2) is 68.7 Å².